The second-order valence-electron chi connectivity index (χ2n) is 9.52. The normalized spacial score (nSPS) is 14.1. The first-order valence-corrected chi connectivity index (χ1v) is 13.4. The maximum absolute atomic E-state index is 13.6. The Kier molecular flexibility index (Phi) is 6.86. The fraction of sp³-hybridized carbons (Fsp3) is 0.0857. The molecule has 5 nitrogen and oxygen atoms in total. The molecule has 1 aliphatic rings. The summed E-state index contributed by atoms with van der Waals surface area (Å²) in [5.41, 5.74) is 8.08. The molecule has 4 aromatic carbocycles. The number of aromatic nitrogens is 1. The molecule has 5 heteroatoms. The largest absolute Gasteiger partial charge is 0.494 e. The summed E-state index contributed by atoms with van der Waals surface area (Å²) in [4.78, 5) is 13.6. The van der Waals surface area contributed by atoms with Crippen LogP contribution in [0.5, 0.6) is 5.75 Å². The van der Waals surface area contributed by atoms with Crippen LogP contribution in [-0.2, 0) is 4.79 Å². The first kappa shape index (κ1) is 25.1. The molecule has 0 fully saturated rings. The molecule has 0 radical (unpaired) electrons. The number of carbonyl (C=O) groups excluding carboxylic acids is 1. The van der Waals surface area contributed by atoms with Gasteiger partial charge in [0.15, 0.2) is 0 Å². The van der Waals surface area contributed by atoms with E-state index in [0.29, 0.717) is 17.9 Å². The summed E-state index contributed by atoms with van der Waals surface area (Å²) >= 11 is 0. The second kappa shape index (κ2) is 10.9. The average Bonchev–Trinajstić information content (AvgIpc) is 3.52. The Balaban J connectivity index is 1.57. The summed E-state index contributed by atoms with van der Waals surface area (Å²) in [6.07, 6.45) is 1.98. The van der Waals surface area contributed by atoms with Crippen LogP contribution in [0.25, 0.3) is 34.3 Å². The lowest BCUT2D eigenvalue weighted by molar-refractivity contribution is -0.114. The molecule has 0 saturated heterocycles. The molecule has 0 aliphatic carbocycles. The van der Waals surface area contributed by atoms with Crippen LogP contribution in [0, 0.1) is 0 Å². The number of nitrogens with zero attached hydrogens (tertiary/aromatic N) is 3. The van der Waals surface area contributed by atoms with E-state index in [1.165, 1.54) is 5.01 Å². The van der Waals surface area contributed by atoms with Crippen LogP contribution in [-0.4, -0.2) is 22.8 Å². The highest BCUT2D eigenvalue weighted by molar-refractivity contribution is 6.32. The van der Waals surface area contributed by atoms with E-state index in [2.05, 4.69) is 52.1 Å². The molecule has 0 unspecified atom stereocenters. The minimum Gasteiger partial charge on any atom is -0.494 e. The van der Waals surface area contributed by atoms with Crippen LogP contribution in [0.1, 0.15) is 19.4 Å². The van der Waals surface area contributed by atoms with Crippen molar-refractivity contribution in [3.8, 4) is 34.0 Å². The predicted octanol–water partition coefficient (Wildman–Crippen LogP) is 8.02. The van der Waals surface area contributed by atoms with Gasteiger partial charge in [-0.3, -0.25) is 4.79 Å². The van der Waals surface area contributed by atoms with E-state index >= 15 is 0 Å². The Labute approximate surface area is 234 Å². The Morgan fingerprint density at radius 3 is 1.98 bits per heavy atom. The Bertz CT molecular complexity index is 1700. The van der Waals surface area contributed by atoms with Crippen LogP contribution in [0.2, 0.25) is 0 Å². The first-order valence-electron chi connectivity index (χ1n) is 13.4. The van der Waals surface area contributed by atoms with Gasteiger partial charge in [-0.1, -0.05) is 78.9 Å². The molecule has 1 aliphatic heterocycles. The van der Waals surface area contributed by atoms with Crippen molar-refractivity contribution < 1.29 is 9.53 Å². The first-order chi connectivity index (χ1) is 19.6. The summed E-state index contributed by atoms with van der Waals surface area (Å²) in [6.45, 7) is 4.48. The summed E-state index contributed by atoms with van der Waals surface area (Å²) in [5.74, 6) is 0.686. The summed E-state index contributed by atoms with van der Waals surface area (Å²) in [5, 5.41) is 6.08. The number of rotatable bonds is 7. The lowest BCUT2D eigenvalue weighted by atomic mass is 10.0. The van der Waals surface area contributed by atoms with Crippen LogP contribution in [0.4, 0.5) is 5.69 Å². The molecule has 0 saturated carbocycles. The third-order valence-corrected chi connectivity index (χ3v) is 6.92. The highest BCUT2D eigenvalue weighted by Gasteiger charge is 2.29. The quantitative estimate of drug-likeness (QED) is 0.203. The van der Waals surface area contributed by atoms with Gasteiger partial charge >= 0.3 is 0 Å². The topological polar surface area (TPSA) is 46.8 Å². The smallest absolute Gasteiger partial charge is 0.280 e. The van der Waals surface area contributed by atoms with Crippen molar-refractivity contribution in [3.63, 3.8) is 0 Å². The van der Waals surface area contributed by atoms with Crippen molar-refractivity contribution in [2.75, 3.05) is 11.6 Å². The van der Waals surface area contributed by atoms with Gasteiger partial charge in [0.1, 0.15) is 5.75 Å². The molecular formula is C35H29N3O2. The van der Waals surface area contributed by atoms with E-state index in [-0.39, 0.29) is 5.91 Å². The fourth-order valence-corrected chi connectivity index (χ4v) is 5.06. The summed E-state index contributed by atoms with van der Waals surface area (Å²) in [6, 6.07) is 40.4. The van der Waals surface area contributed by atoms with Gasteiger partial charge in [-0.15, -0.1) is 0 Å². The highest BCUT2D eigenvalue weighted by atomic mass is 16.5. The molecule has 1 amide bonds. The number of amides is 1. The van der Waals surface area contributed by atoms with E-state index in [4.69, 9.17) is 4.74 Å². The van der Waals surface area contributed by atoms with Gasteiger partial charge in [-0.2, -0.15) is 10.1 Å². The maximum atomic E-state index is 13.6. The molecule has 0 bridgehead atoms. The van der Waals surface area contributed by atoms with Crippen molar-refractivity contribution >= 4 is 23.4 Å². The van der Waals surface area contributed by atoms with Crippen molar-refractivity contribution in [1.82, 2.24) is 4.57 Å². The van der Waals surface area contributed by atoms with Gasteiger partial charge in [0.25, 0.3) is 5.91 Å². The Morgan fingerprint density at radius 1 is 0.750 bits per heavy atom. The van der Waals surface area contributed by atoms with E-state index in [9.17, 15) is 4.79 Å². The molecule has 0 N–H and O–H groups in total. The monoisotopic (exact) mass is 523 g/mol. The fourth-order valence-electron chi connectivity index (χ4n) is 5.06. The lowest BCUT2D eigenvalue weighted by Crippen LogP contribution is -2.21. The Morgan fingerprint density at radius 2 is 1.35 bits per heavy atom. The molecule has 0 spiro atoms. The molecule has 5 aromatic rings. The minimum atomic E-state index is -0.141. The molecular weight excluding hydrogens is 494 g/mol. The van der Waals surface area contributed by atoms with E-state index in [1.54, 1.807) is 0 Å². The van der Waals surface area contributed by atoms with Crippen LogP contribution in [0.15, 0.2) is 132 Å². The zero-order valence-corrected chi connectivity index (χ0v) is 22.5. The Hall–Kier alpha value is -5.16. The predicted molar refractivity (Wildman–Crippen MR) is 163 cm³/mol. The number of hydrogen-bond acceptors (Lipinski definition) is 3. The van der Waals surface area contributed by atoms with Crippen molar-refractivity contribution in [2.24, 2.45) is 5.10 Å². The molecule has 40 heavy (non-hydrogen) atoms. The zero-order valence-electron chi connectivity index (χ0n) is 22.5. The standard InChI is InChI=1S/C35H29N3O2/c1-3-40-31-21-19-29(20-22-31)37-33(26-13-7-4-8-14-26)24-28(34(37)27-15-9-5-10-16-27)23-32-25(2)36-38(35(32)39)30-17-11-6-12-18-30/h4-24H,3H2,1-2H3/b32-23+. The summed E-state index contributed by atoms with van der Waals surface area (Å²) in [7, 11) is 0. The number of benzene rings is 4. The number of carbonyl (C=O) groups is 1. The van der Waals surface area contributed by atoms with E-state index in [1.807, 2.05) is 98.8 Å². The van der Waals surface area contributed by atoms with E-state index in [0.717, 1.165) is 45.2 Å². The number of ether oxygens (including phenoxy) is 1. The second-order valence-corrected chi connectivity index (χ2v) is 9.52. The molecule has 196 valence electrons. The van der Waals surface area contributed by atoms with Crippen LogP contribution >= 0.6 is 0 Å². The molecule has 0 atom stereocenters. The molecule has 2 heterocycles. The maximum Gasteiger partial charge on any atom is 0.280 e. The van der Waals surface area contributed by atoms with Crippen molar-refractivity contribution in [2.45, 2.75) is 13.8 Å². The minimum absolute atomic E-state index is 0.141. The SMILES string of the molecule is CCOc1ccc(-n2c(-c3ccccc3)cc(/C=C3/C(=O)N(c4ccccc4)N=C3C)c2-c2ccccc2)cc1. The third-order valence-electron chi connectivity index (χ3n) is 6.92. The van der Waals surface area contributed by atoms with Gasteiger partial charge in [-0.05, 0) is 73.5 Å². The number of hydrogen-bond donors (Lipinski definition) is 0. The van der Waals surface area contributed by atoms with Crippen LogP contribution < -0.4 is 9.75 Å². The van der Waals surface area contributed by atoms with E-state index < -0.39 is 0 Å². The van der Waals surface area contributed by atoms with Gasteiger partial charge < -0.3 is 9.30 Å². The van der Waals surface area contributed by atoms with Gasteiger partial charge in [0, 0.05) is 11.3 Å². The van der Waals surface area contributed by atoms with Crippen LogP contribution in [0.3, 0.4) is 0 Å². The zero-order chi connectivity index (χ0) is 27.5. The molecule has 6 rings (SSSR count). The highest BCUT2D eigenvalue weighted by Crippen LogP contribution is 2.38. The third kappa shape index (κ3) is 4.74. The van der Waals surface area contributed by atoms with Crippen molar-refractivity contribution in [3.05, 3.63) is 132 Å². The number of para-hydroxylation sites is 1. The van der Waals surface area contributed by atoms with Gasteiger partial charge in [0.2, 0.25) is 0 Å². The van der Waals surface area contributed by atoms with Crippen molar-refractivity contribution in [1.29, 1.82) is 0 Å². The summed E-state index contributed by atoms with van der Waals surface area (Å²) < 4.78 is 7.97. The molecule has 1 aromatic heterocycles. The lowest BCUT2D eigenvalue weighted by Gasteiger charge is -2.16. The van der Waals surface area contributed by atoms with Gasteiger partial charge in [-0.25, -0.2) is 0 Å². The average molecular weight is 524 g/mol. The number of hydrazone groups is 1. The van der Waals surface area contributed by atoms with Gasteiger partial charge in [0.05, 0.1) is 35.0 Å². The number of anilines is 1.